The lowest BCUT2D eigenvalue weighted by Gasteiger charge is -2.34. The molecule has 1 fully saturated rings. The van der Waals surface area contributed by atoms with E-state index in [1.54, 1.807) is 24.1 Å². The Labute approximate surface area is 203 Å². The number of methoxy groups -OCH3 is 1. The van der Waals surface area contributed by atoms with Crippen molar-refractivity contribution in [1.82, 2.24) is 14.8 Å². The molecule has 1 amide bonds. The van der Waals surface area contributed by atoms with Gasteiger partial charge in [0.1, 0.15) is 5.75 Å². The van der Waals surface area contributed by atoms with Crippen molar-refractivity contribution in [2.24, 2.45) is 18.7 Å². The fraction of sp³-hybridized carbons (Fsp3) is 0.296. The Morgan fingerprint density at radius 1 is 1.20 bits per heavy atom. The normalized spacial score (nSPS) is 15.9. The summed E-state index contributed by atoms with van der Waals surface area (Å²) in [5.74, 6) is 0.670. The summed E-state index contributed by atoms with van der Waals surface area (Å²) < 4.78 is 6.94. The average molecular weight is 472 g/mol. The number of benzene rings is 2. The number of anilines is 1. The third kappa shape index (κ3) is 4.51. The van der Waals surface area contributed by atoms with E-state index < -0.39 is 5.91 Å². The summed E-state index contributed by atoms with van der Waals surface area (Å²) in [5, 5.41) is 5.21. The molecule has 0 saturated carbocycles. The second-order valence-electron chi connectivity index (χ2n) is 9.18. The van der Waals surface area contributed by atoms with Gasteiger partial charge in [-0.3, -0.25) is 14.3 Å². The van der Waals surface area contributed by atoms with Gasteiger partial charge in [-0.25, -0.2) is 0 Å². The van der Waals surface area contributed by atoms with Gasteiger partial charge in [0.05, 0.1) is 24.4 Å². The number of piperidine rings is 1. The van der Waals surface area contributed by atoms with Crippen molar-refractivity contribution in [2.75, 3.05) is 25.1 Å². The molecule has 5 rings (SSSR count). The molecule has 0 aliphatic carbocycles. The average Bonchev–Trinajstić information content (AvgIpc) is 3.50. The number of aryl methyl sites for hydroxylation is 1. The van der Waals surface area contributed by atoms with Gasteiger partial charge in [-0.15, -0.1) is 0 Å². The molecule has 8 heteroatoms. The molecule has 0 spiro atoms. The van der Waals surface area contributed by atoms with E-state index in [0.29, 0.717) is 17.5 Å². The first-order valence-corrected chi connectivity index (χ1v) is 11.8. The van der Waals surface area contributed by atoms with Gasteiger partial charge < -0.3 is 20.4 Å². The molecular formula is C27H29N5O3. The van der Waals surface area contributed by atoms with Crippen LogP contribution in [0, 0.1) is 5.92 Å². The van der Waals surface area contributed by atoms with Crippen LogP contribution in [0.5, 0.6) is 5.75 Å². The van der Waals surface area contributed by atoms with Gasteiger partial charge in [-0.2, -0.15) is 5.10 Å². The predicted octanol–water partition coefficient (Wildman–Crippen LogP) is 4.17. The fourth-order valence-corrected chi connectivity index (χ4v) is 5.01. The van der Waals surface area contributed by atoms with Crippen LogP contribution in [0.2, 0.25) is 0 Å². The third-order valence-electron chi connectivity index (χ3n) is 6.80. The van der Waals surface area contributed by atoms with Crippen LogP contribution in [0.3, 0.4) is 0 Å². The Balaban J connectivity index is 1.42. The number of fused-ring (bicyclic) bond motifs is 1. The van der Waals surface area contributed by atoms with Crippen molar-refractivity contribution in [1.29, 1.82) is 0 Å². The van der Waals surface area contributed by atoms with Gasteiger partial charge in [-0.1, -0.05) is 0 Å². The number of hydrogen-bond acceptors (Lipinski definition) is 5. The number of H-pyrrole nitrogens is 1. The zero-order valence-electron chi connectivity index (χ0n) is 20.0. The van der Waals surface area contributed by atoms with Gasteiger partial charge in [0.15, 0.2) is 5.78 Å². The number of aromatic nitrogens is 3. The lowest BCUT2D eigenvalue weighted by Crippen LogP contribution is -2.36. The molecule has 4 aromatic rings. The van der Waals surface area contributed by atoms with Crippen LogP contribution in [-0.4, -0.2) is 46.7 Å². The van der Waals surface area contributed by atoms with Crippen molar-refractivity contribution < 1.29 is 14.3 Å². The lowest BCUT2D eigenvalue weighted by atomic mass is 9.90. The molecular weight excluding hydrogens is 442 g/mol. The van der Waals surface area contributed by atoms with Crippen molar-refractivity contribution in [3.05, 3.63) is 66.0 Å². The topological polar surface area (TPSA) is 106 Å². The Morgan fingerprint density at radius 2 is 2.00 bits per heavy atom. The maximum absolute atomic E-state index is 12.9. The Morgan fingerprint density at radius 3 is 2.69 bits per heavy atom. The number of hydrogen-bond donors (Lipinski definition) is 2. The second kappa shape index (κ2) is 9.29. The molecule has 0 bridgehead atoms. The van der Waals surface area contributed by atoms with E-state index >= 15 is 0 Å². The van der Waals surface area contributed by atoms with Crippen LogP contribution in [0.4, 0.5) is 5.69 Å². The molecule has 2 aromatic carbocycles. The zero-order valence-corrected chi connectivity index (χ0v) is 20.0. The number of ketones is 1. The first kappa shape index (κ1) is 22.7. The summed E-state index contributed by atoms with van der Waals surface area (Å²) in [6, 6.07) is 13.1. The van der Waals surface area contributed by atoms with Crippen molar-refractivity contribution >= 4 is 28.3 Å². The third-order valence-corrected chi connectivity index (χ3v) is 6.80. The van der Waals surface area contributed by atoms with E-state index in [-0.39, 0.29) is 11.7 Å². The highest BCUT2D eigenvalue weighted by Crippen LogP contribution is 2.36. The second-order valence-corrected chi connectivity index (χ2v) is 9.18. The van der Waals surface area contributed by atoms with Gasteiger partial charge in [0, 0.05) is 60.6 Å². The molecule has 1 aliphatic heterocycles. The molecule has 8 nitrogen and oxygen atoms in total. The maximum atomic E-state index is 12.9. The highest BCUT2D eigenvalue weighted by molar-refractivity contribution is 6.10. The van der Waals surface area contributed by atoms with Crippen LogP contribution in [0.1, 0.15) is 40.0 Å². The number of carbonyl (C=O) groups is 2. The minimum Gasteiger partial charge on any atom is -0.497 e. The van der Waals surface area contributed by atoms with Crippen molar-refractivity contribution in [3.8, 4) is 17.0 Å². The summed E-state index contributed by atoms with van der Waals surface area (Å²) in [7, 11) is 3.48. The van der Waals surface area contributed by atoms with Crippen LogP contribution < -0.4 is 15.4 Å². The van der Waals surface area contributed by atoms with E-state index in [0.717, 1.165) is 59.5 Å². The van der Waals surface area contributed by atoms with Gasteiger partial charge >= 0.3 is 0 Å². The number of nitrogens with two attached hydrogens (primary N) is 1. The number of nitrogens with zero attached hydrogens (tertiary/aromatic N) is 3. The fourth-order valence-electron chi connectivity index (χ4n) is 5.01. The number of aromatic amines is 1. The number of Topliss-reactive ketones (excluding diaryl/α,β-unsaturated/α-hetero) is 1. The Hall–Kier alpha value is -4.07. The molecule has 0 unspecified atom stereocenters. The quantitative estimate of drug-likeness (QED) is 0.394. The van der Waals surface area contributed by atoms with Gasteiger partial charge in [0.25, 0.3) is 5.91 Å². The van der Waals surface area contributed by atoms with E-state index in [2.05, 4.69) is 21.0 Å². The molecule has 1 aliphatic rings. The monoisotopic (exact) mass is 471 g/mol. The summed E-state index contributed by atoms with van der Waals surface area (Å²) >= 11 is 0. The van der Waals surface area contributed by atoms with Crippen molar-refractivity contribution in [3.63, 3.8) is 0 Å². The van der Waals surface area contributed by atoms with E-state index in [1.165, 1.54) is 0 Å². The largest absolute Gasteiger partial charge is 0.497 e. The van der Waals surface area contributed by atoms with Crippen LogP contribution in [-0.2, 0) is 7.05 Å². The van der Waals surface area contributed by atoms with E-state index in [1.807, 2.05) is 43.6 Å². The Kier molecular flexibility index (Phi) is 6.03. The first-order valence-electron chi connectivity index (χ1n) is 11.8. The standard InChI is InChI=1S/C27H29N5O3/c1-31-16-19(14-29-31)23-13-22-24(10-9-21(27(28)34)26(22)30-23)32-11-3-4-17(15-32)12-25(33)18-5-7-20(35-2)8-6-18/h5-10,13-14,16-17,30H,3-4,11-12,15H2,1-2H3,(H2,28,34)/t17-/m0/s1. The maximum Gasteiger partial charge on any atom is 0.250 e. The van der Waals surface area contributed by atoms with Gasteiger partial charge in [0.2, 0.25) is 0 Å². The van der Waals surface area contributed by atoms with Crippen LogP contribution >= 0.6 is 0 Å². The predicted molar refractivity (Wildman–Crippen MR) is 136 cm³/mol. The van der Waals surface area contributed by atoms with Crippen LogP contribution in [0.15, 0.2) is 54.9 Å². The molecule has 1 atom stereocenters. The number of rotatable bonds is 7. The molecule has 180 valence electrons. The highest BCUT2D eigenvalue weighted by atomic mass is 16.5. The summed E-state index contributed by atoms with van der Waals surface area (Å²) in [6.45, 7) is 1.67. The SMILES string of the molecule is COc1ccc(C(=O)C[C@@H]2CCCN(c3ccc(C(N)=O)c4[nH]c(-c5cnn(C)c5)cc34)C2)cc1. The molecule has 0 radical (unpaired) electrons. The summed E-state index contributed by atoms with van der Waals surface area (Å²) in [4.78, 5) is 30.8. The van der Waals surface area contributed by atoms with E-state index in [4.69, 9.17) is 10.5 Å². The van der Waals surface area contributed by atoms with Crippen molar-refractivity contribution in [2.45, 2.75) is 19.3 Å². The zero-order chi connectivity index (χ0) is 24.5. The molecule has 2 aromatic heterocycles. The number of ether oxygens (including phenoxy) is 1. The molecule has 1 saturated heterocycles. The molecule has 35 heavy (non-hydrogen) atoms. The molecule has 3 heterocycles. The number of nitrogens with one attached hydrogen (secondary N) is 1. The van der Waals surface area contributed by atoms with Crippen LogP contribution in [0.25, 0.3) is 22.2 Å². The number of primary amides is 1. The lowest BCUT2D eigenvalue weighted by molar-refractivity contribution is 0.0955. The minimum atomic E-state index is -0.470. The number of amides is 1. The molecule has 3 N–H and O–H groups in total. The first-order chi connectivity index (χ1) is 16.9. The Bertz CT molecular complexity index is 1390. The minimum absolute atomic E-state index is 0.147. The highest BCUT2D eigenvalue weighted by Gasteiger charge is 2.25. The van der Waals surface area contributed by atoms with Gasteiger partial charge in [-0.05, 0) is 61.2 Å². The van der Waals surface area contributed by atoms with E-state index in [9.17, 15) is 9.59 Å². The number of carbonyl (C=O) groups excluding carboxylic acids is 2. The summed E-state index contributed by atoms with van der Waals surface area (Å²) in [5.41, 5.74) is 10.4. The smallest absolute Gasteiger partial charge is 0.250 e. The summed E-state index contributed by atoms with van der Waals surface area (Å²) in [6.07, 6.45) is 6.22.